The molecule has 2 aromatic rings. The van der Waals surface area contributed by atoms with Crippen LogP contribution >= 0.6 is 0 Å². The van der Waals surface area contributed by atoms with Gasteiger partial charge in [-0.2, -0.15) is 0 Å². The monoisotopic (exact) mass is 314 g/mol. The first-order valence-electron chi connectivity index (χ1n) is 8.88. The van der Waals surface area contributed by atoms with E-state index in [2.05, 4.69) is 27.6 Å². The summed E-state index contributed by atoms with van der Waals surface area (Å²) in [5, 5.41) is 0. The molecule has 0 atom stereocenters. The van der Waals surface area contributed by atoms with E-state index in [1.165, 1.54) is 31.8 Å². The van der Waals surface area contributed by atoms with E-state index in [0.29, 0.717) is 11.8 Å². The number of aromatic nitrogens is 3. The SMILES string of the molecule is CN1CCC(c2nc3cccnc3n2CC2CCOCC2)CC1. The Morgan fingerprint density at radius 1 is 1.17 bits per heavy atom. The molecule has 0 aromatic carbocycles. The summed E-state index contributed by atoms with van der Waals surface area (Å²) in [4.78, 5) is 12.0. The topological polar surface area (TPSA) is 43.2 Å². The van der Waals surface area contributed by atoms with Crippen LogP contribution in [0.1, 0.15) is 37.4 Å². The van der Waals surface area contributed by atoms with Crippen molar-refractivity contribution in [3.63, 3.8) is 0 Å². The lowest BCUT2D eigenvalue weighted by Gasteiger charge is -2.30. The lowest BCUT2D eigenvalue weighted by molar-refractivity contribution is 0.0611. The second-order valence-corrected chi connectivity index (χ2v) is 7.06. The number of hydrogen-bond donors (Lipinski definition) is 0. The molecule has 0 amide bonds. The van der Waals surface area contributed by atoms with E-state index < -0.39 is 0 Å². The van der Waals surface area contributed by atoms with Crippen molar-refractivity contribution in [1.29, 1.82) is 0 Å². The Kier molecular flexibility index (Phi) is 4.31. The van der Waals surface area contributed by atoms with Crippen molar-refractivity contribution in [2.24, 2.45) is 5.92 Å². The lowest BCUT2D eigenvalue weighted by Crippen LogP contribution is -2.31. The van der Waals surface area contributed by atoms with E-state index in [0.717, 1.165) is 43.8 Å². The molecule has 2 fully saturated rings. The van der Waals surface area contributed by atoms with Crippen molar-refractivity contribution >= 4 is 11.2 Å². The number of pyridine rings is 1. The van der Waals surface area contributed by atoms with Gasteiger partial charge in [0.2, 0.25) is 0 Å². The number of piperidine rings is 1. The molecule has 124 valence electrons. The van der Waals surface area contributed by atoms with Crippen LogP contribution in [0.25, 0.3) is 11.2 Å². The quantitative estimate of drug-likeness (QED) is 0.873. The highest BCUT2D eigenvalue weighted by Gasteiger charge is 2.26. The summed E-state index contributed by atoms with van der Waals surface area (Å²) in [5.41, 5.74) is 2.11. The molecule has 2 saturated heterocycles. The number of imidazole rings is 1. The van der Waals surface area contributed by atoms with Crippen LogP contribution in [0.2, 0.25) is 0 Å². The largest absolute Gasteiger partial charge is 0.381 e. The molecular weight excluding hydrogens is 288 g/mol. The highest BCUT2D eigenvalue weighted by molar-refractivity contribution is 5.71. The van der Waals surface area contributed by atoms with Gasteiger partial charge in [0.15, 0.2) is 5.65 Å². The van der Waals surface area contributed by atoms with Crippen molar-refractivity contribution in [3.05, 3.63) is 24.2 Å². The minimum absolute atomic E-state index is 0.570. The van der Waals surface area contributed by atoms with Gasteiger partial charge in [-0.25, -0.2) is 9.97 Å². The molecule has 0 spiro atoms. The van der Waals surface area contributed by atoms with Gasteiger partial charge in [-0.3, -0.25) is 0 Å². The van der Waals surface area contributed by atoms with Gasteiger partial charge in [-0.1, -0.05) is 0 Å². The third kappa shape index (κ3) is 3.12. The first-order chi connectivity index (χ1) is 11.3. The molecule has 0 N–H and O–H groups in total. The smallest absolute Gasteiger partial charge is 0.159 e. The van der Waals surface area contributed by atoms with Crippen molar-refractivity contribution < 1.29 is 4.74 Å². The summed E-state index contributed by atoms with van der Waals surface area (Å²) < 4.78 is 7.94. The Labute approximate surface area is 137 Å². The molecule has 2 aliphatic rings. The zero-order chi connectivity index (χ0) is 15.6. The third-order valence-electron chi connectivity index (χ3n) is 5.40. The maximum atomic E-state index is 5.52. The third-order valence-corrected chi connectivity index (χ3v) is 5.40. The molecule has 0 saturated carbocycles. The molecule has 23 heavy (non-hydrogen) atoms. The number of likely N-dealkylation sites (tertiary alicyclic amines) is 1. The lowest BCUT2D eigenvalue weighted by atomic mass is 9.95. The van der Waals surface area contributed by atoms with Crippen LogP contribution in [0.5, 0.6) is 0 Å². The molecule has 0 aliphatic carbocycles. The fraction of sp³-hybridized carbons (Fsp3) is 0.667. The molecule has 4 heterocycles. The molecule has 0 unspecified atom stereocenters. The van der Waals surface area contributed by atoms with Gasteiger partial charge >= 0.3 is 0 Å². The second kappa shape index (κ2) is 6.57. The fourth-order valence-corrected chi connectivity index (χ4v) is 3.92. The van der Waals surface area contributed by atoms with Crippen LogP contribution < -0.4 is 0 Å². The Morgan fingerprint density at radius 2 is 1.96 bits per heavy atom. The van der Waals surface area contributed by atoms with Gasteiger partial charge in [0.25, 0.3) is 0 Å². The van der Waals surface area contributed by atoms with E-state index in [1.54, 1.807) is 0 Å². The average Bonchev–Trinajstić information content (AvgIpc) is 2.95. The normalized spacial score (nSPS) is 22.0. The minimum Gasteiger partial charge on any atom is -0.381 e. The summed E-state index contributed by atoms with van der Waals surface area (Å²) in [5.74, 6) is 2.52. The molecule has 0 bridgehead atoms. The molecule has 2 aliphatic heterocycles. The zero-order valence-electron chi connectivity index (χ0n) is 13.9. The van der Waals surface area contributed by atoms with Gasteiger partial charge in [-0.15, -0.1) is 0 Å². The second-order valence-electron chi connectivity index (χ2n) is 7.06. The molecule has 0 radical (unpaired) electrons. The number of fused-ring (bicyclic) bond motifs is 1. The van der Waals surface area contributed by atoms with E-state index in [4.69, 9.17) is 9.72 Å². The summed E-state index contributed by atoms with van der Waals surface area (Å²) in [6.07, 6.45) is 6.60. The van der Waals surface area contributed by atoms with Crippen LogP contribution in [0, 0.1) is 5.92 Å². The summed E-state index contributed by atoms with van der Waals surface area (Å²) in [6, 6.07) is 4.09. The van der Waals surface area contributed by atoms with Crippen molar-refractivity contribution in [1.82, 2.24) is 19.4 Å². The van der Waals surface area contributed by atoms with Crippen LogP contribution in [0.15, 0.2) is 18.3 Å². The van der Waals surface area contributed by atoms with E-state index >= 15 is 0 Å². The highest BCUT2D eigenvalue weighted by atomic mass is 16.5. The zero-order valence-corrected chi connectivity index (χ0v) is 13.9. The van der Waals surface area contributed by atoms with E-state index in [9.17, 15) is 0 Å². The number of nitrogens with zero attached hydrogens (tertiary/aromatic N) is 4. The highest BCUT2D eigenvalue weighted by Crippen LogP contribution is 2.31. The number of hydrogen-bond acceptors (Lipinski definition) is 4. The summed E-state index contributed by atoms with van der Waals surface area (Å²) >= 11 is 0. The van der Waals surface area contributed by atoms with Crippen LogP contribution in [0.4, 0.5) is 0 Å². The van der Waals surface area contributed by atoms with E-state index in [1.807, 2.05) is 12.3 Å². The Hall–Kier alpha value is -1.46. The van der Waals surface area contributed by atoms with E-state index in [-0.39, 0.29) is 0 Å². The molecule has 5 heteroatoms. The minimum atomic E-state index is 0.570. The molecule has 5 nitrogen and oxygen atoms in total. The number of rotatable bonds is 3. The van der Waals surface area contributed by atoms with Gasteiger partial charge in [0.1, 0.15) is 11.3 Å². The first-order valence-corrected chi connectivity index (χ1v) is 8.88. The first kappa shape index (κ1) is 15.1. The number of ether oxygens (including phenoxy) is 1. The predicted molar refractivity (Wildman–Crippen MR) is 90.5 cm³/mol. The molecular formula is C18H26N4O. The van der Waals surface area contributed by atoms with Gasteiger partial charge in [0.05, 0.1) is 0 Å². The maximum absolute atomic E-state index is 5.52. The Morgan fingerprint density at radius 3 is 2.74 bits per heavy atom. The van der Waals surface area contributed by atoms with Crippen LogP contribution in [0.3, 0.4) is 0 Å². The van der Waals surface area contributed by atoms with Gasteiger partial charge < -0.3 is 14.2 Å². The van der Waals surface area contributed by atoms with Crippen molar-refractivity contribution in [2.75, 3.05) is 33.4 Å². The fourth-order valence-electron chi connectivity index (χ4n) is 3.92. The Balaban J connectivity index is 1.66. The van der Waals surface area contributed by atoms with Crippen molar-refractivity contribution in [2.45, 2.75) is 38.1 Å². The van der Waals surface area contributed by atoms with Gasteiger partial charge in [0, 0.05) is 31.9 Å². The molecule has 2 aromatic heterocycles. The van der Waals surface area contributed by atoms with Crippen LogP contribution in [-0.2, 0) is 11.3 Å². The maximum Gasteiger partial charge on any atom is 0.159 e. The van der Waals surface area contributed by atoms with Gasteiger partial charge in [-0.05, 0) is 63.9 Å². The predicted octanol–water partition coefficient (Wildman–Crippen LogP) is 2.67. The standard InChI is InChI=1S/C18H26N4O/c1-21-9-4-15(5-10-21)17-20-16-3-2-8-19-18(16)22(17)13-14-6-11-23-12-7-14/h2-3,8,14-15H,4-7,9-13H2,1H3. The molecule has 4 rings (SSSR count). The Bertz CT molecular complexity index is 654. The van der Waals surface area contributed by atoms with Crippen LogP contribution in [-0.4, -0.2) is 52.8 Å². The summed E-state index contributed by atoms with van der Waals surface area (Å²) in [6.45, 7) is 5.16. The average molecular weight is 314 g/mol. The van der Waals surface area contributed by atoms with Crippen molar-refractivity contribution in [3.8, 4) is 0 Å². The summed E-state index contributed by atoms with van der Waals surface area (Å²) in [7, 11) is 2.21.